The fourth-order valence-electron chi connectivity index (χ4n) is 3.15. The molecule has 4 aromatic rings. The highest BCUT2D eigenvalue weighted by Crippen LogP contribution is 2.21. The van der Waals surface area contributed by atoms with Gasteiger partial charge in [-0.05, 0) is 63.2 Å². The summed E-state index contributed by atoms with van der Waals surface area (Å²) in [5, 5.41) is 4.50. The van der Waals surface area contributed by atoms with Crippen molar-refractivity contribution in [3.05, 3.63) is 72.4 Å². The molecule has 8 heteroatoms. The van der Waals surface area contributed by atoms with Gasteiger partial charge in [0.2, 0.25) is 0 Å². The minimum Gasteiger partial charge on any atom is -0.482 e. The number of nitrogens with zero attached hydrogens (tertiary/aromatic N) is 3. The number of ketones is 1. The Hall–Kier alpha value is -3.94. The van der Waals surface area contributed by atoms with Gasteiger partial charge in [-0.15, -0.1) is 0 Å². The van der Waals surface area contributed by atoms with Crippen molar-refractivity contribution in [1.82, 2.24) is 14.6 Å². The van der Waals surface area contributed by atoms with E-state index in [1.807, 2.05) is 24.3 Å². The van der Waals surface area contributed by atoms with E-state index in [-0.39, 0.29) is 18.8 Å². The molecule has 0 spiro atoms. The summed E-state index contributed by atoms with van der Waals surface area (Å²) in [6, 6.07) is 14.1. The maximum atomic E-state index is 12.7. The SMILES string of the molecule is CC(C)(C)OC(=O)COc1ccc(C(=O)Cc2nc3cccc(-c4ccoc4)n3n2)cc1. The number of Topliss-reactive ketones (excluding diaryl/α,β-unsaturated/α-hetero) is 1. The van der Waals surface area contributed by atoms with Crippen LogP contribution < -0.4 is 4.74 Å². The molecule has 164 valence electrons. The number of pyridine rings is 1. The zero-order valence-corrected chi connectivity index (χ0v) is 18.1. The van der Waals surface area contributed by atoms with Crippen molar-refractivity contribution in [3.8, 4) is 17.0 Å². The van der Waals surface area contributed by atoms with Gasteiger partial charge in [0, 0.05) is 11.1 Å². The molecule has 0 aliphatic carbocycles. The Balaban J connectivity index is 1.41. The van der Waals surface area contributed by atoms with Gasteiger partial charge in [0.25, 0.3) is 0 Å². The topological polar surface area (TPSA) is 95.9 Å². The first-order chi connectivity index (χ1) is 15.3. The van der Waals surface area contributed by atoms with Crippen molar-refractivity contribution in [2.24, 2.45) is 0 Å². The van der Waals surface area contributed by atoms with E-state index in [4.69, 9.17) is 13.9 Å². The van der Waals surface area contributed by atoms with Crippen molar-refractivity contribution < 1.29 is 23.5 Å². The lowest BCUT2D eigenvalue weighted by molar-refractivity contribution is -0.157. The molecule has 0 radical (unpaired) electrons. The van der Waals surface area contributed by atoms with Gasteiger partial charge in [-0.25, -0.2) is 14.3 Å². The van der Waals surface area contributed by atoms with Gasteiger partial charge in [-0.1, -0.05) is 6.07 Å². The number of aromatic nitrogens is 3. The molecule has 1 aromatic carbocycles. The molecule has 0 atom stereocenters. The summed E-state index contributed by atoms with van der Waals surface area (Å²) < 4.78 is 17.5. The highest BCUT2D eigenvalue weighted by Gasteiger charge is 2.17. The van der Waals surface area contributed by atoms with E-state index >= 15 is 0 Å². The fourth-order valence-corrected chi connectivity index (χ4v) is 3.15. The zero-order valence-electron chi connectivity index (χ0n) is 18.1. The van der Waals surface area contributed by atoms with Gasteiger partial charge < -0.3 is 13.9 Å². The van der Waals surface area contributed by atoms with Crippen LogP contribution in [0.15, 0.2) is 65.5 Å². The number of benzene rings is 1. The van der Waals surface area contributed by atoms with Crippen LogP contribution in [0.1, 0.15) is 37.0 Å². The normalized spacial score (nSPS) is 11.5. The predicted molar refractivity (Wildman–Crippen MR) is 117 cm³/mol. The summed E-state index contributed by atoms with van der Waals surface area (Å²) in [6.07, 6.45) is 3.29. The van der Waals surface area contributed by atoms with E-state index in [0.29, 0.717) is 22.8 Å². The van der Waals surface area contributed by atoms with Crippen LogP contribution in [0.2, 0.25) is 0 Å². The van der Waals surface area contributed by atoms with Crippen LogP contribution in [0, 0.1) is 0 Å². The number of esters is 1. The molecule has 0 aliphatic heterocycles. The Labute approximate surface area is 184 Å². The maximum Gasteiger partial charge on any atom is 0.344 e. The maximum absolute atomic E-state index is 12.7. The van der Waals surface area contributed by atoms with E-state index in [1.54, 1.807) is 62.1 Å². The van der Waals surface area contributed by atoms with Crippen LogP contribution in [0.4, 0.5) is 0 Å². The summed E-state index contributed by atoms with van der Waals surface area (Å²) in [4.78, 5) is 28.9. The molecule has 0 saturated carbocycles. The molecule has 0 N–H and O–H groups in total. The van der Waals surface area contributed by atoms with E-state index < -0.39 is 11.6 Å². The number of fused-ring (bicyclic) bond motifs is 1. The summed E-state index contributed by atoms with van der Waals surface area (Å²) in [5.41, 5.74) is 2.29. The first-order valence-corrected chi connectivity index (χ1v) is 10.1. The number of hydrogen-bond acceptors (Lipinski definition) is 7. The second kappa shape index (κ2) is 8.66. The van der Waals surface area contributed by atoms with E-state index in [2.05, 4.69) is 10.1 Å². The van der Waals surface area contributed by atoms with Crippen LogP contribution in [0.3, 0.4) is 0 Å². The molecule has 3 heterocycles. The lowest BCUT2D eigenvalue weighted by Gasteiger charge is -2.19. The third-order valence-electron chi connectivity index (χ3n) is 4.49. The van der Waals surface area contributed by atoms with Gasteiger partial charge in [-0.3, -0.25) is 4.79 Å². The molecule has 0 amide bonds. The Morgan fingerprint density at radius 2 is 1.84 bits per heavy atom. The van der Waals surface area contributed by atoms with Gasteiger partial charge in [0.05, 0.1) is 24.6 Å². The summed E-state index contributed by atoms with van der Waals surface area (Å²) in [6.45, 7) is 5.18. The number of furan rings is 1. The molecule has 32 heavy (non-hydrogen) atoms. The molecule has 0 bridgehead atoms. The Morgan fingerprint density at radius 1 is 1.06 bits per heavy atom. The summed E-state index contributed by atoms with van der Waals surface area (Å²) >= 11 is 0. The molecule has 0 unspecified atom stereocenters. The van der Waals surface area contributed by atoms with Crippen molar-refractivity contribution in [2.75, 3.05) is 6.61 Å². The number of ether oxygens (including phenoxy) is 2. The van der Waals surface area contributed by atoms with E-state index in [1.165, 1.54) is 0 Å². The first kappa shape index (κ1) is 21.3. The summed E-state index contributed by atoms with van der Waals surface area (Å²) in [5.74, 6) is 0.328. The van der Waals surface area contributed by atoms with Gasteiger partial charge in [0.15, 0.2) is 23.9 Å². The van der Waals surface area contributed by atoms with Crippen LogP contribution in [0.5, 0.6) is 5.75 Å². The highest BCUT2D eigenvalue weighted by molar-refractivity contribution is 5.97. The van der Waals surface area contributed by atoms with Crippen LogP contribution in [-0.4, -0.2) is 38.6 Å². The van der Waals surface area contributed by atoms with Crippen LogP contribution >= 0.6 is 0 Å². The fraction of sp³-hybridized carbons (Fsp3) is 0.250. The van der Waals surface area contributed by atoms with Crippen LogP contribution in [-0.2, 0) is 16.0 Å². The van der Waals surface area contributed by atoms with Gasteiger partial charge >= 0.3 is 5.97 Å². The molecular formula is C24H23N3O5. The smallest absolute Gasteiger partial charge is 0.344 e. The Bertz CT molecular complexity index is 1240. The van der Waals surface area contributed by atoms with E-state index in [0.717, 1.165) is 11.3 Å². The van der Waals surface area contributed by atoms with Gasteiger partial charge in [-0.2, -0.15) is 5.10 Å². The predicted octanol–water partition coefficient (Wildman–Crippen LogP) is 4.14. The number of carbonyl (C=O) groups is 2. The number of hydrogen-bond donors (Lipinski definition) is 0. The molecule has 4 rings (SSSR count). The molecule has 8 nitrogen and oxygen atoms in total. The standard InChI is InChI=1S/C24H23N3O5/c1-24(2,3)32-23(29)15-31-18-9-7-16(8-10-18)20(28)13-21-25-22-6-4-5-19(27(22)26-21)17-11-12-30-14-17/h4-12,14H,13,15H2,1-3H3. The van der Waals surface area contributed by atoms with Crippen molar-refractivity contribution in [1.29, 1.82) is 0 Å². The molecule has 0 fully saturated rings. The van der Waals surface area contributed by atoms with E-state index in [9.17, 15) is 9.59 Å². The third-order valence-corrected chi connectivity index (χ3v) is 4.49. The minimum absolute atomic E-state index is 0.0601. The number of rotatable bonds is 7. The monoisotopic (exact) mass is 433 g/mol. The highest BCUT2D eigenvalue weighted by atomic mass is 16.6. The third kappa shape index (κ3) is 5.03. The molecule has 0 aliphatic rings. The molecule has 3 aromatic heterocycles. The first-order valence-electron chi connectivity index (χ1n) is 10.1. The molecule has 0 saturated heterocycles. The second-order valence-electron chi connectivity index (χ2n) is 8.22. The average molecular weight is 433 g/mol. The van der Waals surface area contributed by atoms with Gasteiger partial charge in [0.1, 0.15) is 11.4 Å². The molecular weight excluding hydrogens is 410 g/mol. The quantitative estimate of drug-likeness (QED) is 0.319. The lowest BCUT2D eigenvalue weighted by atomic mass is 10.1. The van der Waals surface area contributed by atoms with Crippen molar-refractivity contribution >= 4 is 17.4 Å². The zero-order chi connectivity index (χ0) is 22.7. The second-order valence-corrected chi connectivity index (χ2v) is 8.22. The Kier molecular flexibility index (Phi) is 5.77. The Morgan fingerprint density at radius 3 is 2.53 bits per heavy atom. The van der Waals surface area contributed by atoms with Crippen molar-refractivity contribution in [2.45, 2.75) is 32.8 Å². The largest absolute Gasteiger partial charge is 0.482 e. The van der Waals surface area contributed by atoms with Crippen molar-refractivity contribution in [3.63, 3.8) is 0 Å². The average Bonchev–Trinajstić information content (AvgIpc) is 3.40. The lowest BCUT2D eigenvalue weighted by Crippen LogP contribution is -2.27. The minimum atomic E-state index is -0.567. The summed E-state index contributed by atoms with van der Waals surface area (Å²) in [7, 11) is 0. The van der Waals surface area contributed by atoms with Crippen LogP contribution in [0.25, 0.3) is 16.9 Å². The number of carbonyl (C=O) groups excluding carboxylic acids is 2.